The van der Waals surface area contributed by atoms with Gasteiger partial charge in [-0.2, -0.15) is 0 Å². The third kappa shape index (κ3) is 3.07. The molecule has 100 valence electrons. The first-order chi connectivity index (χ1) is 9.03. The highest BCUT2D eigenvalue weighted by Crippen LogP contribution is 2.18. The Morgan fingerprint density at radius 2 is 2.05 bits per heavy atom. The summed E-state index contributed by atoms with van der Waals surface area (Å²) in [6, 6.07) is 8.50. The van der Waals surface area contributed by atoms with Crippen LogP contribution in [0.2, 0.25) is 0 Å². The molecule has 1 aromatic carbocycles. The molecule has 0 spiro atoms. The first-order valence-corrected chi connectivity index (χ1v) is 6.93. The van der Waals surface area contributed by atoms with E-state index in [1.54, 1.807) is 12.1 Å². The van der Waals surface area contributed by atoms with E-state index >= 15 is 0 Å². The number of halogens is 1. The topological polar surface area (TPSA) is 85.1 Å². The van der Waals surface area contributed by atoms with Crippen molar-refractivity contribution in [1.82, 2.24) is 4.98 Å². The lowest BCUT2D eigenvalue weighted by molar-refractivity contribution is 0.569. The van der Waals surface area contributed by atoms with Gasteiger partial charge in [0.15, 0.2) is 0 Å². The van der Waals surface area contributed by atoms with Crippen LogP contribution < -0.4 is 10.5 Å². The van der Waals surface area contributed by atoms with Gasteiger partial charge in [0.2, 0.25) is 0 Å². The summed E-state index contributed by atoms with van der Waals surface area (Å²) in [5.74, 6) is -0.712. The largest absolute Gasteiger partial charge is 0.326 e. The molecule has 0 amide bonds. The number of nitrogens with one attached hydrogen (secondary N) is 1. The molecule has 3 N–H and O–H groups in total. The second-order valence-corrected chi connectivity index (χ2v) is 5.44. The molecular formula is C12H12FN3O2S. The number of pyridine rings is 1. The minimum absolute atomic E-state index is 0.129. The second kappa shape index (κ2) is 5.33. The highest BCUT2D eigenvalue weighted by molar-refractivity contribution is 7.92. The quantitative estimate of drug-likeness (QED) is 0.889. The van der Waals surface area contributed by atoms with Crippen molar-refractivity contribution >= 4 is 15.8 Å². The molecule has 0 aliphatic rings. The van der Waals surface area contributed by atoms with E-state index in [-0.39, 0.29) is 12.4 Å². The van der Waals surface area contributed by atoms with E-state index in [1.165, 1.54) is 24.4 Å². The highest BCUT2D eigenvalue weighted by atomic mass is 32.2. The van der Waals surface area contributed by atoms with E-state index in [1.807, 2.05) is 0 Å². The van der Waals surface area contributed by atoms with E-state index in [2.05, 4.69) is 9.71 Å². The molecule has 0 saturated carbocycles. The van der Waals surface area contributed by atoms with Crippen molar-refractivity contribution < 1.29 is 12.8 Å². The minimum Gasteiger partial charge on any atom is -0.326 e. The summed E-state index contributed by atoms with van der Waals surface area (Å²) >= 11 is 0. The zero-order valence-corrected chi connectivity index (χ0v) is 10.7. The molecule has 0 aliphatic heterocycles. The van der Waals surface area contributed by atoms with Crippen molar-refractivity contribution in [3.05, 3.63) is 54.0 Å². The number of hydrogen-bond donors (Lipinski definition) is 2. The Labute approximate surface area is 110 Å². The van der Waals surface area contributed by atoms with Crippen molar-refractivity contribution in [3.63, 3.8) is 0 Å². The van der Waals surface area contributed by atoms with Crippen LogP contribution in [0.5, 0.6) is 0 Å². The van der Waals surface area contributed by atoms with Gasteiger partial charge in [0.1, 0.15) is 16.5 Å². The zero-order chi connectivity index (χ0) is 13.9. The Kier molecular flexibility index (Phi) is 3.77. The van der Waals surface area contributed by atoms with Crippen molar-refractivity contribution in [2.24, 2.45) is 5.73 Å². The van der Waals surface area contributed by atoms with Crippen LogP contribution in [0.25, 0.3) is 0 Å². The van der Waals surface area contributed by atoms with Crippen molar-refractivity contribution in [3.8, 4) is 0 Å². The molecule has 0 atom stereocenters. The Bertz CT molecular complexity index is 675. The maximum Gasteiger partial charge on any atom is 0.265 e. The molecular weight excluding hydrogens is 269 g/mol. The van der Waals surface area contributed by atoms with Crippen LogP contribution in [0, 0.1) is 5.82 Å². The summed E-state index contributed by atoms with van der Waals surface area (Å²) in [6.45, 7) is 0.144. The number of anilines is 1. The first-order valence-electron chi connectivity index (χ1n) is 5.45. The summed E-state index contributed by atoms with van der Waals surface area (Å²) in [7, 11) is -4.00. The minimum atomic E-state index is -4.00. The number of benzene rings is 1. The van der Waals surface area contributed by atoms with Gasteiger partial charge in [-0.15, -0.1) is 0 Å². The van der Waals surface area contributed by atoms with Crippen LogP contribution in [-0.2, 0) is 16.6 Å². The summed E-state index contributed by atoms with van der Waals surface area (Å²) in [5.41, 5.74) is 5.88. The summed E-state index contributed by atoms with van der Waals surface area (Å²) in [4.78, 5) is 3.39. The monoisotopic (exact) mass is 281 g/mol. The molecule has 5 nitrogen and oxygen atoms in total. The van der Waals surface area contributed by atoms with Gasteiger partial charge in [0, 0.05) is 12.7 Å². The molecule has 2 rings (SSSR count). The van der Waals surface area contributed by atoms with Gasteiger partial charge in [-0.3, -0.25) is 4.72 Å². The summed E-state index contributed by atoms with van der Waals surface area (Å²) in [6.07, 6.45) is 1.44. The van der Waals surface area contributed by atoms with Gasteiger partial charge < -0.3 is 5.73 Å². The molecule has 0 bridgehead atoms. The molecule has 0 radical (unpaired) electrons. The molecule has 7 heteroatoms. The van der Waals surface area contributed by atoms with Gasteiger partial charge in [0.05, 0.1) is 0 Å². The Hall–Kier alpha value is -1.99. The second-order valence-electron chi connectivity index (χ2n) is 3.79. The number of nitrogens with zero attached hydrogens (tertiary/aromatic N) is 1. The van der Waals surface area contributed by atoms with E-state index in [9.17, 15) is 12.8 Å². The highest BCUT2D eigenvalue weighted by Gasteiger charge is 2.19. The number of rotatable bonds is 4. The van der Waals surface area contributed by atoms with Crippen molar-refractivity contribution in [2.45, 2.75) is 11.4 Å². The van der Waals surface area contributed by atoms with Crippen LogP contribution in [0.4, 0.5) is 10.2 Å². The normalized spacial score (nSPS) is 11.3. The average Bonchev–Trinajstić information content (AvgIpc) is 2.38. The smallest absolute Gasteiger partial charge is 0.265 e. The molecule has 1 aromatic heterocycles. The molecule has 0 unspecified atom stereocenters. The predicted molar refractivity (Wildman–Crippen MR) is 69.3 cm³/mol. The lowest BCUT2D eigenvalue weighted by Crippen LogP contribution is -2.15. The third-order valence-corrected chi connectivity index (χ3v) is 3.81. The lowest BCUT2D eigenvalue weighted by atomic mass is 10.2. The maximum absolute atomic E-state index is 13.7. The van der Waals surface area contributed by atoms with Gasteiger partial charge >= 0.3 is 0 Å². The zero-order valence-electron chi connectivity index (χ0n) is 9.88. The van der Waals surface area contributed by atoms with Crippen LogP contribution >= 0.6 is 0 Å². The molecule has 19 heavy (non-hydrogen) atoms. The van der Waals surface area contributed by atoms with Gasteiger partial charge in [0.25, 0.3) is 10.0 Å². The maximum atomic E-state index is 13.7. The van der Waals surface area contributed by atoms with Crippen LogP contribution in [-0.4, -0.2) is 13.4 Å². The van der Waals surface area contributed by atoms with E-state index < -0.39 is 20.7 Å². The van der Waals surface area contributed by atoms with E-state index in [0.717, 1.165) is 6.07 Å². The number of nitrogens with two attached hydrogens (primary N) is 1. The van der Waals surface area contributed by atoms with Crippen molar-refractivity contribution in [1.29, 1.82) is 0 Å². The van der Waals surface area contributed by atoms with Crippen LogP contribution in [0.3, 0.4) is 0 Å². The Morgan fingerprint density at radius 1 is 1.26 bits per heavy atom. The van der Waals surface area contributed by atoms with Gasteiger partial charge in [-0.25, -0.2) is 17.8 Å². The fourth-order valence-electron chi connectivity index (χ4n) is 1.51. The van der Waals surface area contributed by atoms with Crippen LogP contribution in [0.1, 0.15) is 5.56 Å². The average molecular weight is 281 g/mol. The molecule has 1 heterocycles. The Balaban J connectivity index is 2.35. The molecule has 0 saturated heterocycles. The number of aromatic nitrogens is 1. The van der Waals surface area contributed by atoms with Crippen molar-refractivity contribution in [2.75, 3.05) is 4.72 Å². The van der Waals surface area contributed by atoms with E-state index in [0.29, 0.717) is 5.56 Å². The Morgan fingerprint density at radius 3 is 2.63 bits per heavy atom. The standard InChI is InChI=1S/C12H12FN3O2S/c13-10-7-9(8-14)4-5-11(10)19(17,18)16-12-3-1-2-6-15-12/h1-7H,8,14H2,(H,15,16). The fourth-order valence-corrected chi connectivity index (χ4v) is 2.57. The molecule has 0 fully saturated rings. The predicted octanol–water partition coefficient (Wildman–Crippen LogP) is 1.48. The fraction of sp³-hybridized carbons (Fsp3) is 0.0833. The summed E-state index contributed by atoms with van der Waals surface area (Å²) < 4.78 is 39.9. The number of hydrogen-bond acceptors (Lipinski definition) is 4. The van der Waals surface area contributed by atoms with E-state index in [4.69, 9.17) is 5.73 Å². The van der Waals surface area contributed by atoms with Crippen LogP contribution in [0.15, 0.2) is 47.5 Å². The first kappa shape index (κ1) is 13.4. The lowest BCUT2D eigenvalue weighted by Gasteiger charge is -2.08. The van der Waals surface area contributed by atoms with Gasteiger partial charge in [-0.05, 0) is 29.8 Å². The molecule has 2 aromatic rings. The summed E-state index contributed by atoms with van der Waals surface area (Å²) in [5, 5.41) is 0. The molecule has 0 aliphatic carbocycles. The number of sulfonamides is 1. The SMILES string of the molecule is NCc1ccc(S(=O)(=O)Nc2ccccn2)c(F)c1. The van der Waals surface area contributed by atoms with Gasteiger partial charge in [-0.1, -0.05) is 12.1 Å². The third-order valence-electron chi connectivity index (χ3n) is 2.43.